The second kappa shape index (κ2) is 6.78. The first-order valence-corrected chi connectivity index (χ1v) is 7.08. The zero-order valence-electron chi connectivity index (χ0n) is 11.0. The Balaban J connectivity index is 1.81. The topological polar surface area (TPSA) is 70.7 Å². The van der Waals surface area contributed by atoms with E-state index >= 15 is 0 Å². The Hall–Kier alpha value is -2.26. The molecule has 0 atom stereocenters. The standard InChI is InChI=1S/C14H14N4OS/c1-18-7-6-16-14(18)20-8-5-13(19)17-12-4-2-3-11(9-12)10-15/h2-4,6-7,9H,5,8H2,1H3,(H,17,19). The maximum Gasteiger partial charge on any atom is 0.225 e. The van der Waals surface area contributed by atoms with E-state index in [4.69, 9.17) is 5.26 Å². The summed E-state index contributed by atoms with van der Waals surface area (Å²) < 4.78 is 1.92. The van der Waals surface area contributed by atoms with Gasteiger partial charge in [-0.25, -0.2) is 4.98 Å². The highest BCUT2D eigenvalue weighted by molar-refractivity contribution is 7.99. The van der Waals surface area contributed by atoms with Gasteiger partial charge >= 0.3 is 0 Å². The van der Waals surface area contributed by atoms with Crippen molar-refractivity contribution in [1.82, 2.24) is 9.55 Å². The van der Waals surface area contributed by atoms with E-state index < -0.39 is 0 Å². The van der Waals surface area contributed by atoms with Crippen molar-refractivity contribution in [3.8, 4) is 6.07 Å². The highest BCUT2D eigenvalue weighted by atomic mass is 32.2. The van der Waals surface area contributed by atoms with Crippen molar-refractivity contribution < 1.29 is 4.79 Å². The summed E-state index contributed by atoms with van der Waals surface area (Å²) >= 11 is 1.54. The third-order valence-electron chi connectivity index (χ3n) is 2.61. The number of benzene rings is 1. The molecule has 102 valence electrons. The Labute approximate surface area is 121 Å². The van der Waals surface area contributed by atoms with Crippen LogP contribution in [-0.2, 0) is 11.8 Å². The van der Waals surface area contributed by atoms with Crippen molar-refractivity contribution in [2.45, 2.75) is 11.6 Å². The largest absolute Gasteiger partial charge is 0.329 e. The summed E-state index contributed by atoms with van der Waals surface area (Å²) in [6.45, 7) is 0. The minimum Gasteiger partial charge on any atom is -0.329 e. The van der Waals surface area contributed by atoms with Crippen LogP contribution in [-0.4, -0.2) is 21.2 Å². The van der Waals surface area contributed by atoms with E-state index in [0.717, 1.165) is 5.16 Å². The van der Waals surface area contributed by atoms with Gasteiger partial charge in [0.25, 0.3) is 0 Å². The number of carbonyl (C=O) groups is 1. The average molecular weight is 286 g/mol. The van der Waals surface area contributed by atoms with Crippen molar-refractivity contribution in [3.05, 3.63) is 42.2 Å². The lowest BCUT2D eigenvalue weighted by Gasteiger charge is -2.05. The number of aryl methyl sites for hydroxylation is 1. The number of aromatic nitrogens is 2. The summed E-state index contributed by atoms with van der Waals surface area (Å²) in [6.07, 6.45) is 4.00. The zero-order chi connectivity index (χ0) is 14.4. The molecule has 2 rings (SSSR count). The first-order valence-electron chi connectivity index (χ1n) is 6.09. The minimum absolute atomic E-state index is 0.0678. The SMILES string of the molecule is Cn1ccnc1SCCC(=O)Nc1cccc(C#N)c1. The Kier molecular flexibility index (Phi) is 4.80. The molecule has 0 fully saturated rings. The van der Waals surface area contributed by atoms with Crippen LogP contribution in [0.25, 0.3) is 0 Å². The number of nitrogens with zero attached hydrogens (tertiary/aromatic N) is 3. The molecule has 1 N–H and O–H groups in total. The molecule has 1 aromatic carbocycles. The number of nitriles is 1. The smallest absolute Gasteiger partial charge is 0.225 e. The van der Waals surface area contributed by atoms with Crippen LogP contribution in [0.4, 0.5) is 5.69 Å². The molecular formula is C14H14N4OS. The molecule has 0 aliphatic rings. The molecule has 2 aromatic rings. The van der Waals surface area contributed by atoms with Crippen molar-refractivity contribution in [2.24, 2.45) is 7.05 Å². The fourth-order valence-electron chi connectivity index (χ4n) is 1.62. The fraction of sp³-hybridized carbons (Fsp3) is 0.214. The molecule has 0 aliphatic heterocycles. The van der Waals surface area contributed by atoms with Gasteiger partial charge in [0.05, 0.1) is 11.6 Å². The van der Waals surface area contributed by atoms with Crippen molar-refractivity contribution in [2.75, 3.05) is 11.1 Å². The lowest BCUT2D eigenvalue weighted by Crippen LogP contribution is -2.12. The Morgan fingerprint density at radius 1 is 1.55 bits per heavy atom. The third kappa shape index (κ3) is 3.87. The van der Waals surface area contributed by atoms with Crippen molar-refractivity contribution in [1.29, 1.82) is 5.26 Å². The highest BCUT2D eigenvalue weighted by Crippen LogP contribution is 2.16. The molecule has 0 bridgehead atoms. The van der Waals surface area contributed by atoms with Crippen LogP contribution < -0.4 is 5.32 Å². The first-order chi connectivity index (χ1) is 9.69. The highest BCUT2D eigenvalue weighted by Gasteiger charge is 2.05. The van der Waals surface area contributed by atoms with Gasteiger partial charge < -0.3 is 9.88 Å². The predicted octanol–water partition coefficient (Wildman–Crippen LogP) is 2.41. The number of hydrogen-bond acceptors (Lipinski definition) is 4. The van der Waals surface area contributed by atoms with Crippen LogP contribution in [0.5, 0.6) is 0 Å². The second-order valence-electron chi connectivity index (χ2n) is 4.16. The summed E-state index contributed by atoms with van der Waals surface area (Å²) in [5.74, 6) is 0.594. The molecule has 1 aromatic heterocycles. The molecule has 0 spiro atoms. The number of rotatable bonds is 5. The first kappa shape index (κ1) is 14.2. The molecule has 1 heterocycles. The normalized spacial score (nSPS) is 10.0. The summed E-state index contributed by atoms with van der Waals surface area (Å²) in [5, 5.41) is 12.5. The monoisotopic (exact) mass is 286 g/mol. The third-order valence-corrected chi connectivity index (χ3v) is 3.67. The lowest BCUT2D eigenvalue weighted by molar-refractivity contribution is -0.115. The Morgan fingerprint density at radius 2 is 2.40 bits per heavy atom. The van der Waals surface area contributed by atoms with Crippen LogP contribution >= 0.6 is 11.8 Å². The number of imidazole rings is 1. The van der Waals surface area contributed by atoms with Gasteiger partial charge in [0, 0.05) is 37.3 Å². The van der Waals surface area contributed by atoms with Crippen LogP contribution in [0.15, 0.2) is 41.8 Å². The summed E-state index contributed by atoms with van der Waals surface area (Å²) in [5.41, 5.74) is 1.18. The van der Waals surface area contributed by atoms with E-state index in [-0.39, 0.29) is 5.91 Å². The predicted molar refractivity (Wildman–Crippen MR) is 78.3 cm³/mol. The van der Waals surface area contributed by atoms with E-state index in [1.165, 1.54) is 11.8 Å². The molecule has 0 aliphatic carbocycles. The molecular weight excluding hydrogens is 272 g/mol. The van der Waals surface area contributed by atoms with Gasteiger partial charge in [0.2, 0.25) is 5.91 Å². The maximum absolute atomic E-state index is 11.8. The van der Waals surface area contributed by atoms with E-state index in [2.05, 4.69) is 10.3 Å². The van der Waals surface area contributed by atoms with Gasteiger partial charge in [0.15, 0.2) is 5.16 Å². The van der Waals surface area contributed by atoms with E-state index in [0.29, 0.717) is 23.4 Å². The van der Waals surface area contributed by atoms with Gasteiger partial charge in [-0.3, -0.25) is 4.79 Å². The van der Waals surface area contributed by atoms with E-state index in [1.54, 1.807) is 30.5 Å². The number of hydrogen-bond donors (Lipinski definition) is 1. The average Bonchev–Trinajstić information content (AvgIpc) is 2.85. The summed E-state index contributed by atoms with van der Waals surface area (Å²) in [7, 11) is 1.92. The number of carbonyl (C=O) groups excluding carboxylic acids is 1. The van der Waals surface area contributed by atoms with Crippen LogP contribution in [0.3, 0.4) is 0 Å². The lowest BCUT2D eigenvalue weighted by atomic mass is 10.2. The minimum atomic E-state index is -0.0678. The van der Waals surface area contributed by atoms with Crippen LogP contribution in [0, 0.1) is 11.3 Å². The van der Waals surface area contributed by atoms with Gasteiger partial charge in [-0.05, 0) is 18.2 Å². The molecule has 6 heteroatoms. The van der Waals surface area contributed by atoms with E-state index in [1.807, 2.05) is 23.9 Å². The zero-order valence-corrected chi connectivity index (χ0v) is 11.9. The maximum atomic E-state index is 11.8. The van der Waals surface area contributed by atoms with Gasteiger partial charge in [0.1, 0.15) is 0 Å². The Bertz CT molecular complexity index is 645. The molecule has 0 saturated heterocycles. The van der Waals surface area contributed by atoms with Gasteiger partial charge in [-0.15, -0.1) is 0 Å². The van der Waals surface area contributed by atoms with Crippen molar-refractivity contribution in [3.63, 3.8) is 0 Å². The quantitative estimate of drug-likeness (QED) is 0.857. The Morgan fingerprint density at radius 3 is 3.10 bits per heavy atom. The van der Waals surface area contributed by atoms with E-state index in [9.17, 15) is 4.79 Å². The number of thioether (sulfide) groups is 1. The molecule has 0 radical (unpaired) electrons. The molecule has 20 heavy (non-hydrogen) atoms. The fourth-order valence-corrected chi connectivity index (χ4v) is 2.49. The van der Waals surface area contributed by atoms with Crippen LogP contribution in [0.2, 0.25) is 0 Å². The molecule has 0 saturated carbocycles. The summed E-state index contributed by atoms with van der Waals surface area (Å²) in [6, 6.07) is 8.91. The van der Waals surface area contributed by atoms with Gasteiger partial charge in [-0.1, -0.05) is 17.8 Å². The molecule has 5 nitrogen and oxygen atoms in total. The number of amides is 1. The molecule has 0 unspecified atom stereocenters. The van der Waals surface area contributed by atoms with Crippen molar-refractivity contribution >= 4 is 23.4 Å². The molecule has 1 amide bonds. The van der Waals surface area contributed by atoms with Gasteiger partial charge in [-0.2, -0.15) is 5.26 Å². The second-order valence-corrected chi connectivity index (χ2v) is 5.22. The number of nitrogens with one attached hydrogen (secondary N) is 1. The van der Waals surface area contributed by atoms with Crippen LogP contribution in [0.1, 0.15) is 12.0 Å². The summed E-state index contributed by atoms with van der Waals surface area (Å²) in [4.78, 5) is 16.0. The number of anilines is 1.